The normalized spacial score (nSPS) is 18.4. The summed E-state index contributed by atoms with van der Waals surface area (Å²) >= 11 is 1.07. The maximum atomic E-state index is 13.2. The van der Waals surface area contributed by atoms with Gasteiger partial charge in [0, 0.05) is 31.7 Å². The molecule has 4 rings (SSSR count). The van der Waals surface area contributed by atoms with E-state index >= 15 is 0 Å². The first-order valence-corrected chi connectivity index (χ1v) is 13.3. The number of piperidine rings is 1. The minimum Gasteiger partial charge on any atom is -0.494 e. The summed E-state index contributed by atoms with van der Waals surface area (Å²) < 4.78 is 38.1. The van der Waals surface area contributed by atoms with Gasteiger partial charge >= 0.3 is 5.97 Å². The molecule has 2 saturated heterocycles. The Morgan fingerprint density at radius 1 is 1.06 bits per heavy atom. The zero-order chi connectivity index (χ0) is 23.6. The van der Waals surface area contributed by atoms with Gasteiger partial charge in [0.05, 0.1) is 13.7 Å². The number of esters is 1. The van der Waals surface area contributed by atoms with Crippen molar-refractivity contribution in [3.8, 4) is 5.75 Å². The number of carbonyl (C=O) groups excluding carboxylic acids is 2. The van der Waals surface area contributed by atoms with Crippen molar-refractivity contribution in [3.05, 3.63) is 46.2 Å². The molecule has 2 aromatic rings. The van der Waals surface area contributed by atoms with Crippen LogP contribution in [0.2, 0.25) is 0 Å². The summed E-state index contributed by atoms with van der Waals surface area (Å²) in [6, 6.07) is 8.63. The van der Waals surface area contributed by atoms with Gasteiger partial charge < -0.3 is 14.4 Å². The van der Waals surface area contributed by atoms with Crippen molar-refractivity contribution in [1.29, 1.82) is 0 Å². The van der Waals surface area contributed by atoms with E-state index in [1.54, 1.807) is 29.6 Å². The molecule has 0 radical (unpaired) electrons. The molecule has 1 aromatic carbocycles. The highest BCUT2D eigenvalue weighted by Crippen LogP contribution is 2.43. The van der Waals surface area contributed by atoms with Gasteiger partial charge in [-0.2, -0.15) is 4.31 Å². The van der Waals surface area contributed by atoms with Crippen molar-refractivity contribution in [2.75, 3.05) is 39.9 Å². The smallest absolute Gasteiger partial charge is 0.349 e. The summed E-state index contributed by atoms with van der Waals surface area (Å²) in [7, 11) is -2.55. The third-order valence-corrected chi connectivity index (χ3v) is 9.46. The van der Waals surface area contributed by atoms with Gasteiger partial charge in [-0.25, -0.2) is 13.2 Å². The third kappa shape index (κ3) is 4.64. The molecular weight excluding hydrogens is 464 g/mol. The molecule has 0 unspecified atom stereocenters. The molecule has 8 nitrogen and oxygen atoms in total. The van der Waals surface area contributed by atoms with Gasteiger partial charge in [-0.1, -0.05) is 0 Å². The van der Waals surface area contributed by atoms with Crippen LogP contribution in [0, 0.1) is 5.41 Å². The zero-order valence-electron chi connectivity index (χ0n) is 18.8. The molecule has 10 heteroatoms. The fraction of sp³-hybridized carbons (Fsp3) is 0.478. The topological polar surface area (TPSA) is 93.2 Å². The first-order chi connectivity index (χ1) is 15.8. The fourth-order valence-electron chi connectivity index (χ4n) is 4.62. The predicted octanol–water partition coefficient (Wildman–Crippen LogP) is 3.25. The van der Waals surface area contributed by atoms with Crippen LogP contribution in [-0.4, -0.2) is 69.4 Å². The van der Waals surface area contributed by atoms with Crippen LogP contribution in [0.15, 0.2) is 40.6 Å². The SMILES string of the molecule is CCOc1ccc(C(=O)N2CCC3(CC2)CCN(S(=O)(=O)c2ccsc2C(=O)OC)C3)cc1. The van der Waals surface area contributed by atoms with Crippen molar-refractivity contribution in [3.63, 3.8) is 0 Å². The number of sulfonamides is 1. The number of hydrogen-bond acceptors (Lipinski definition) is 7. The van der Waals surface area contributed by atoms with E-state index in [-0.39, 0.29) is 21.1 Å². The molecule has 1 spiro atoms. The van der Waals surface area contributed by atoms with E-state index in [1.165, 1.54) is 17.5 Å². The molecule has 1 amide bonds. The number of hydrogen-bond donors (Lipinski definition) is 0. The number of carbonyl (C=O) groups is 2. The molecule has 3 heterocycles. The number of methoxy groups -OCH3 is 1. The molecule has 0 N–H and O–H groups in total. The summed E-state index contributed by atoms with van der Waals surface area (Å²) in [5, 5.41) is 1.59. The Hall–Kier alpha value is -2.43. The standard InChI is InChI=1S/C23H28N2O6S2/c1-3-31-18-6-4-17(5-7-18)21(26)24-12-9-23(10-13-24)11-14-25(16-23)33(28,29)19-8-15-32-20(19)22(27)30-2/h4-8,15H,3,9-14,16H2,1-2H3. The highest BCUT2D eigenvalue weighted by Gasteiger charge is 2.46. The van der Waals surface area contributed by atoms with Crippen molar-refractivity contribution >= 4 is 33.2 Å². The second kappa shape index (κ2) is 9.44. The first kappa shape index (κ1) is 23.7. The van der Waals surface area contributed by atoms with Gasteiger partial charge in [0.25, 0.3) is 5.91 Å². The Morgan fingerprint density at radius 2 is 1.73 bits per heavy atom. The molecule has 178 valence electrons. The molecule has 0 saturated carbocycles. The Labute approximate surface area is 198 Å². The Balaban J connectivity index is 1.40. The van der Waals surface area contributed by atoms with Gasteiger partial charge in [-0.3, -0.25) is 4.79 Å². The minimum absolute atomic E-state index is 0.0134. The van der Waals surface area contributed by atoms with Gasteiger partial charge in [0.1, 0.15) is 15.5 Å². The first-order valence-electron chi connectivity index (χ1n) is 11.0. The summed E-state index contributed by atoms with van der Waals surface area (Å²) in [6.45, 7) is 4.47. The van der Waals surface area contributed by atoms with E-state index < -0.39 is 16.0 Å². The monoisotopic (exact) mass is 492 g/mol. The summed E-state index contributed by atoms with van der Waals surface area (Å²) in [5.74, 6) is 0.0786. The van der Waals surface area contributed by atoms with Gasteiger partial charge in [-0.05, 0) is 67.3 Å². The molecular formula is C23H28N2O6S2. The highest BCUT2D eigenvalue weighted by molar-refractivity contribution is 7.89. The van der Waals surface area contributed by atoms with E-state index in [0.29, 0.717) is 38.3 Å². The number of benzene rings is 1. The Morgan fingerprint density at radius 3 is 2.36 bits per heavy atom. The lowest BCUT2D eigenvalue weighted by Crippen LogP contribution is -2.44. The lowest BCUT2D eigenvalue weighted by Gasteiger charge is -2.39. The van der Waals surface area contributed by atoms with Crippen LogP contribution in [0.4, 0.5) is 0 Å². The number of likely N-dealkylation sites (tertiary alicyclic amines) is 1. The van der Waals surface area contributed by atoms with Crippen molar-refractivity contribution in [2.45, 2.75) is 31.1 Å². The highest BCUT2D eigenvalue weighted by atomic mass is 32.2. The zero-order valence-corrected chi connectivity index (χ0v) is 20.4. The number of amides is 1. The minimum atomic E-state index is -3.79. The van der Waals surface area contributed by atoms with Gasteiger partial charge in [-0.15, -0.1) is 11.3 Å². The van der Waals surface area contributed by atoms with Crippen LogP contribution in [0.1, 0.15) is 46.2 Å². The maximum Gasteiger partial charge on any atom is 0.349 e. The fourth-order valence-corrected chi connectivity index (χ4v) is 7.48. The summed E-state index contributed by atoms with van der Waals surface area (Å²) in [4.78, 5) is 26.9. The van der Waals surface area contributed by atoms with E-state index in [0.717, 1.165) is 36.3 Å². The number of rotatable bonds is 6. The van der Waals surface area contributed by atoms with E-state index in [1.807, 2.05) is 11.8 Å². The van der Waals surface area contributed by atoms with Crippen LogP contribution in [0.5, 0.6) is 5.75 Å². The summed E-state index contributed by atoms with van der Waals surface area (Å²) in [6.07, 6.45) is 2.24. The van der Waals surface area contributed by atoms with Crippen LogP contribution in [0.25, 0.3) is 0 Å². The molecule has 33 heavy (non-hydrogen) atoms. The average Bonchev–Trinajstić information content (AvgIpc) is 3.48. The third-order valence-electron chi connectivity index (χ3n) is 6.54. The van der Waals surface area contributed by atoms with E-state index in [2.05, 4.69) is 0 Å². The van der Waals surface area contributed by atoms with Gasteiger partial charge in [0.2, 0.25) is 10.0 Å². The second-order valence-corrected chi connectivity index (χ2v) is 11.3. The Kier molecular flexibility index (Phi) is 6.78. The molecule has 2 fully saturated rings. The molecule has 1 aromatic heterocycles. The molecule has 0 aliphatic carbocycles. The van der Waals surface area contributed by atoms with E-state index in [9.17, 15) is 18.0 Å². The average molecular weight is 493 g/mol. The summed E-state index contributed by atoms with van der Waals surface area (Å²) in [5.41, 5.74) is 0.474. The van der Waals surface area contributed by atoms with Crippen molar-refractivity contribution in [2.24, 2.45) is 5.41 Å². The van der Waals surface area contributed by atoms with Crippen LogP contribution < -0.4 is 4.74 Å². The maximum absolute atomic E-state index is 13.2. The Bertz CT molecular complexity index is 1120. The predicted molar refractivity (Wildman–Crippen MR) is 124 cm³/mol. The lowest BCUT2D eigenvalue weighted by atomic mass is 9.78. The van der Waals surface area contributed by atoms with Crippen LogP contribution >= 0.6 is 11.3 Å². The number of nitrogens with zero attached hydrogens (tertiary/aromatic N) is 2. The lowest BCUT2D eigenvalue weighted by molar-refractivity contribution is 0.0595. The second-order valence-electron chi connectivity index (χ2n) is 8.44. The largest absolute Gasteiger partial charge is 0.494 e. The van der Waals surface area contributed by atoms with Crippen molar-refractivity contribution < 1.29 is 27.5 Å². The van der Waals surface area contributed by atoms with Gasteiger partial charge in [0.15, 0.2) is 0 Å². The quantitative estimate of drug-likeness (QED) is 0.575. The molecule has 0 bridgehead atoms. The van der Waals surface area contributed by atoms with Crippen LogP contribution in [0.3, 0.4) is 0 Å². The van der Waals surface area contributed by atoms with Crippen molar-refractivity contribution in [1.82, 2.24) is 9.21 Å². The number of thiophene rings is 1. The molecule has 0 atom stereocenters. The van der Waals surface area contributed by atoms with E-state index in [4.69, 9.17) is 9.47 Å². The molecule has 2 aliphatic rings. The number of ether oxygens (including phenoxy) is 2. The van der Waals surface area contributed by atoms with Crippen LogP contribution in [-0.2, 0) is 14.8 Å². The molecule has 2 aliphatic heterocycles.